The maximum Gasteiger partial charge on any atom is 0.317 e. The molecule has 1 saturated heterocycles. The van der Waals surface area contributed by atoms with Gasteiger partial charge in [-0.2, -0.15) is 0 Å². The summed E-state index contributed by atoms with van der Waals surface area (Å²) in [5, 5.41) is 2.89. The van der Waals surface area contributed by atoms with Gasteiger partial charge in [-0.05, 0) is 17.5 Å². The molecule has 0 bridgehead atoms. The number of hydrogen-bond donors (Lipinski definition) is 1. The van der Waals surface area contributed by atoms with Gasteiger partial charge in [-0.25, -0.2) is 4.79 Å². The van der Waals surface area contributed by atoms with E-state index < -0.39 is 0 Å². The lowest BCUT2D eigenvalue weighted by Crippen LogP contribution is -2.45. The molecule has 1 aliphatic rings. The molecule has 0 aromatic carbocycles. The third-order valence-corrected chi connectivity index (χ3v) is 3.23. The van der Waals surface area contributed by atoms with Crippen LogP contribution in [0.5, 0.6) is 0 Å². The van der Waals surface area contributed by atoms with E-state index in [9.17, 15) is 4.79 Å². The second-order valence-corrected chi connectivity index (χ2v) is 5.00. The Balaban J connectivity index is 1.82. The molecule has 1 fully saturated rings. The molecule has 5 nitrogen and oxygen atoms in total. The molecule has 0 atom stereocenters. The highest BCUT2D eigenvalue weighted by molar-refractivity contribution is 5.74. The van der Waals surface area contributed by atoms with E-state index >= 15 is 0 Å². The minimum Gasteiger partial charge on any atom is -0.378 e. The summed E-state index contributed by atoms with van der Waals surface area (Å²) in [5.41, 5.74) is 2.09. The summed E-state index contributed by atoms with van der Waals surface area (Å²) in [6.45, 7) is 7.29. The molecular weight excluding hydrogens is 242 g/mol. The van der Waals surface area contributed by atoms with Crippen molar-refractivity contribution in [3.05, 3.63) is 29.6 Å². The van der Waals surface area contributed by atoms with Crippen LogP contribution in [-0.4, -0.2) is 42.2 Å². The molecule has 5 heteroatoms. The van der Waals surface area contributed by atoms with E-state index in [4.69, 9.17) is 4.74 Å². The Morgan fingerprint density at radius 3 is 2.74 bits per heavy atom. The summed E-state index contributed by atoms with van der Waals surface area (Å²) in [5.74, 6) is 0.476. The van der Waals surface area contributed by atoms with E-state index in [1.54, 1.807) is 4.90 Å². The molecule has 19 heavy (non-hydrogen) atoms. The molecule has 0 aliphatic carbocycles. The Kier molecular flexibility index (Phi) is 4.74. The van der Waals surface area contributed by atoms with Crippen molar-refractivity contribution in [3.63, 3.8) is 0 Å². The number of nitrogens with zero attached hydrogens (tertiary/aromatic N) is 2. The molecular formula is C14H21N3O2. The number of nitrogens with one attached hydrogen (secondary N) is 1. The highest BCUT2D eigenvalue weighted by Gasteiger charge is 2.16. The standard InChI is InChI=1S/C14H21N3O2/c1-11(2)12-3-4-13(15-9-12)10-16-14(18)17-5-7-19-8-6-17/h3-4,9,11H,5-8,10H2,1-2H3,(H,16,18). The van der Waals surface area contributed by atoms with Crippen LogP contribution in [0.2, 0.25) is 0 Å². The summed E-state index contributed by atoms with van der Waals surface area (Å²) in [6, 6.07) is 3.99. The lowest BCUT2D eigenvalue weighted by molar-refractivity contribution is 0.0531. The lowest BCUT2D eigenvalue weighted by Gasteiger charge is -2.26. The Labute approximate surface area is 114 Å². The van der Waals surface area contributed by atoms with Gasteiger partial charge in [0.2, 0.25) is 0 Å². The van der Waals surface area contributed by atoms with Gasteiger partial charge in [0, 0.05) is 19.3 Å². The Morgan fingerprint density at radius 2 is 2.16 bits per heavy atom. The molecule has 2 heterocycles. The summed E-state index contributed by atoms with van der Waals surface area (Å²) in [7, 11) is 0. The molecule has 1 aromatic heterocycles. The molecule has 1 aromatic rings. The number of aromatic nitrogens is 1. The van der Waals surface area contributed by atoms with Crippen molar-refractivity contribution in [1.82, 2.24) is 15.2 Å². The van der Waals surface area contributed by atoms with Gasteiger partial charge in [0.05, 0.1) is 25.5 Å². The van der Waals surface area contributed by atoms with E-state index in [1.165, 1.54) is 5.56 Å². The Bertz CT molecular complexity index is 411. The summed E-state index contributed by atoms with van der Waals surface area (Å²) >= 11 is 0. The van der Waals surface area contributed by atoms with Gasteiger partial charge in [0.15, 0.2) is 0 Å². The maximum atomic E-state index is 11.9. The van der Waals surface area contributed by atoms with Crippen molar-refractivity contribution >= 4 is 6.03 Å². The van der Waals surface area contributed by atoms with Gasteiger partial charge in [-0.3, -0.25) is 4.98 Å². The van der Waals surface area contributed by atoms with E-state index in [1.807, 2.05) is 12.3 Å². The molecule has 2 amide bonds. The van der Waals surface area contributed by atoms with Gasteiger partial charge in [-0.1, -0.05) is 19.9 Å². The number of morpholine rings is 1. The van der Waals surface area contributed by atoms with Crippen molar-refractivity contribution in [2.24, 2.45) is 0 Å². The first-order valence-electron chi connectivity index (χ1n) is 6.72. The average Bonchev–Trinajstić information content (AvgIpc) is 2.46. The first-order valence-corrected chi connectivity index (χ1v) is 6.72. The largest absolute Gasteiger partial charge is 0.378 e. The zero-order valence-electron chi connectivity index (χ0n) is 11.6. The van der Waals surface area contributed by atoms with Crippen LogP contribution in [0.1, 0.15) is 31.0 Å². The van der Waals surface area contributed by atoms with Crippen molar-refractivity contribution in [2.45, 2.75) is 26.3 Å². The SMILES string of the molecule is CC(C)c1ccc(CNC(=O)N2CCOCC2)nc1. The van der Waals surface area contributed by atoms with Crippen molar-refractivity contribution < 1.29 is 9.53 Å². The monoisotopic (exact) mass is 263 g/mol. The first kappa shape index (κ1) is 13.8. The average molecular weight is 263 g/mol. The van der Waals surface area contributed by atoms with Gasteiger partial charge in [0.25, 0.3) is 0 Å². The van der Waals surface area contributed by atoms with Crippen LogP contribution in [-0.2, 0) is 11.3 Å². The zero-order valence-corrected chi connectivity index (χ0v) is 11.6. The fraction of sp³-hybridized carbons (Fsp3) is 0.571. The van der Waals surface area contributed by atoms with Crippen molar-refractivity contribution in [2.75, 3.05) is 26.3 Å². The van der Waals surface area contributed by atoms with Crippen LogP contribution in [0.15, 0.2) is 18.3 Å². The van der Waals surface area contributed by atoms with Crippen molar-refractivity contribution in [3.8, 4) is 0 Å². The van der Waals surface area contributed by atoms with Gasteiger partial charge in [-0.15, -0.1) is 0 Å². The second kappa shape index (κ2) is 6.52. The third kappa shape index (κ3) is 3.92. The van der Waals surface area contributed by atoms with E-state index in [0.29, 0.717) is 38.8 Å². The summed E-state index contributed by atoms with van der Waals surface area (Å²) < 4.78 is 5.21. The molecule has 104 valence electrons. The van der Waals surface area contributed by atoms with Crippen LogP contribution >= 0.6 is 0 Å². The zero-order chi connectivity index (χ0) is 13.7. The Hall–Kier alpha value is -1.62. The number of amides is 2. The fourth-order valence-corrected chi connectivity index (χ4v) is 1.93. The third-order valence-electron chi connectivity index (χ3n) is 3.23. The quantitative estimate of drug-likeness (QED) is 0.904. The van der Waals surface area contributed by atoms with E-state index in [0.717, 1.165) is 5.69 Å². The molecule has 0 saturated carbocycles. The van der Waals surface area contributed by atoms with Crippen LogP contribution in [0.25, 0.3) is 0 Å². The van der Waals surface area contributed by atoms with Crippen LogP contribution in [0.3, 0.4) is 0 Å². The first-order chi connectivity index (χ1) is 9.16. The number of pyridine rings is 1. The van der Waals surface area contributed by atoms with Gasteiger partial charge < -0.3 is 15.0 Å². The number of urea groups is 1. The summed E-state index contributed by atoms with van der Waals surface area (Å²) in [4.78, 5) is 18.0. The predicted octanol–water partition coefficient (Wildman–Crippen LogP) is 1.75. The molecule has 2 rings (SSSR count). The molecule has 0 unspecified atom stereocenters. The van der Waals surface area contributed by atoms with Gasteiger partial charge in [0.1, 0.15) is 0 Å². The normalized spacial score (nSPS) is 15.6. The number of carbonyl (C=O) groups is 1. The smallest absolute Gasteiger partial charge is 0.317 e. The molecule has 1 aliphatic heterocycles. The van der Waals surface area contributed by atoms with Crippen LogP contribution in [0.4, 0.5) is 4.79 Å². The number of hydrogen-bond acceptors (Lipinski definition) is 3. The number of rotatable bonds is 3. The fourth-order valence-electron chi connectivity index (χ4n) is 1.93. The highest BCUT2D eigenvalue weighted by Crippen LogP contribution is 2.12. The minimum atomic E-state index is -0.0435. The second-order valence-electron chi connectivity index (χ2n) is 5.00. The number of ether oxygens (including phenoxy) is 1. The molecule has 0 radical (unpaired) electrons. The lowest BCUT2D eigenvalue weighted by atomic mass is 10.1. The van der Waals surface area contributed by atoms with Crippen molar-refractivity contribution in [1.29, 1.82) is 0 Å². The minimum absolute atomic E-state index is 0.0435. The number of carbonyl (C=O) groups excluding carboxylic acids is 1. The molecule has 1 N–H and O–H groups in total. The maximum absolute atomic E-state index is 11.9. The highest BCUT2D eigenvalue weighted by atomic mass is 16.5. The molecule has 0 spiro atoms. The van der Waals surface area contributed by atoms with E-state index in [-0.39, 0.29) is 6.03 Å². The summed E-state index contributed by atoms with van der Waals surface area (Å²) in [6.07, 6.45) is 1.88. The topological polar surface area (TPSA) is 54.5 Å². The van der Waals surface area contributed by atoms with E-state index in [2.05, 4.69) is 30.2 Å². The van der Waals surface area contributed by atoms with Crippen LogP contribution < -0.4 is 5.32 Å². The predicted molar refractivity (Wildman–Crippen MR) is 73.0 cm³/mol. The van der Waals surface area contributed by atoms with Gasteiger partial charge >= 0.3 is 6.03 Å². The Morgan fingerprint density at radius 1 is 1.42 bits per heavy atom. The van der Waals surface area contributed by atoms with Crippen LogP contribution in [0, 0.1) is 0 Å².